The number of benzene rings is 1. The number of nitrogens with zero attached hydrogens (tertiary/aromatic N) is 1. The van der Waals surface area contributed by atoms with Crippen molar-refractivity contribution in [3.63, 3.8) is 0 Å². The van der Waals surface area contributed by atoms with Gasteiger partial charge < -0.3 is 21.4 Å². The molecule has 0 atom stereocenters. The third-order valence-corrected chi connectivity index (χ3v) is 2.80. The van der Waals surface area contributed by atoms with Gasteiger partial charge >= 0.3 is 0 Å². The highest BCUT2D eigenvalue weighted by molar-refractivity contribution is 5.97. The summed E-state index contributed by atoms with van der Waals surface area (Å²) in [6.07, 6.45) is 0. The molecule has 6 heteroatoms. The molecule has 0 aliphatic rings. The third-order valence-electron chi connectivity index (χ3n) is 2.80. The van der Waals surface area contributed by atoms with E-state index in [1.54, 1.807) is 12.1 Å². The van der Waals surface area contributed by atoms with Crippen molar-refractivity contribution in [2.75, 3.05) is 13.2 Å². The number of aliphatic hydroxyl groups is 1. The summed E-state index contributed by atoms with van der Waals surface area (Å²) in [4.78, 5) is 0. The van der Waals surface area contributed by atoms with Gasteiger partial charge in [-0.15, -0.1) is 0 Å². The Balaban J connectivity index is 2.66. The van der Waals surface area contributed by atoms with Crippen molar-refractivity contribution in [2.45, 2.75) is 20.4 Å². The van der Waals surface area contributed by atoms with E-state index in [-0.39, 0.29) is 17.9 Å². The van der Waals surface area contributed by atoms with Crippen LogP contribution >= 0.6 is 0 Å². The largest absolute Gasteiger partial charge is 0.409 e. The first-order valence-corrected chi connectivity index (χ1v) is 5.97. The minimum atomic E-state index is -0.418. The molecule has 1 aromatic carbocycles. The molecule has 1 aromatic rings. The lowest BCUT2D eigenvalue weighted by molar-refractivity contribution is 0.156. The van der Waals surface area contributed by atoms with E-state index in [2.05, 4.69) is 10.5 Å². The average Bonchev–Trinajstić information content (AvgIpc) is 2.39. The Morgan fingerprint density at radius 3 is 2.68 bits per heavy atom. The van der Waals surface area contributed by atoms with Crippen molar-refractivity contribution in [2.24, 2.45) is 16.3 Å². The Morgan fingerprint density at radius 1 is 1.47 bits per heavy atom. The summed E-state index contributed by atoms with van der Waals surface area (Å²) in [6, 6.07) is 4.40. The van der Waals surface area contributed by atoms with Crippen LogP contribution in [0.2, 0.25) is 0 Å². The number of aliphatic hydroxyl groups excluding tert-OH is 1. The molecule has 5 nitrogen and oxygen atoms in total. The first kappa shape index (κ1) is 15.4. The topological polar surface area (TPSA) is 90.9 Å². The van der Waals surface area contributed by atoms with E-state index in [0.29, 0.717) is 24.2 Å². The Bertz CT molecular complexity index is 461. The van der Waals surface area contributed by atoms with Crippen molar-refractivity contribution in [3.05, 3.63) is 35.1 Å². The summed E-state index contributed by atoms with van der Waals surface area (Å²) in [5, 5.41) is 23.5. The van der Waals surface area contributed by atoms with Gasteiger partial charge in [0.1, 0.15) is 5.82 Å². The summed E-state index contributed by atoms with van der Waals surface area (Å²) in [7, 11) is 0. The van der Waals surface area contributed by atoms with Crippen molar-refractivity contribution in [1.29, 1.82) is 0 Å². The lowest BCUT2D eigenvalue weighted by atomic mass is 9.95. The lowest BCUT2D eigenvalue weighted by Gasteiger charge is -2.22. The molecule has 0 saturated carbocycles. The highest BCUT2D eigenvalue weighted by Gasteiger charge is 2.16. The number of hydrogen-bond acceptors (Lipinski definition) is 4. The molecule has 19 heavy (non-hydrogen) atoms. The number of halogens is 1. The van der Waals surface area contributed by atoms with Gasteiger partial charge in [-0.1, -0.05) is 31.1 Å². The van der Waals surface area contributed by atoms with Crippen LogP contribution in [0.3, 0.4) is 0 Å². The van der Waals surface area contributed by atoms with Crippen molar-refractivity contribution in [1.82, 2.24) is 5.32 Å². The van der Waals surface area contributed by atoms with Crippen LogP contribution in [0.15, 0.2) is 23.4 Å². The Kier molecular flexibility index (Phi) is 5.26. The molecule has 0 aliphatic carbocycles. The SMILES string of the molecule is CC(C)(CO)CNCc1ccc(/C(N)=N/O)cc1F. The first-order valence-electron chi connectivity index (χ1n) is 5.97. The van der Waals surface area contributed by atoms with Crippen molar-refractivity contribution >= 4 is 5.84 Å². The fourth-order valence-electron chi connectivity index (χ4n) is 1.50. The number of nitrogens with one attached hydrogen (secondary N) is 1. The van der Waals surface area contributed by atoms with Gasteiger partial charge in [0.2, 0.25) is 0 Å². The minimum Gasteiger partial charge on any atom is -0.409 e. The summed E-state index contributed by atoms with van der Waals surface area (Å²) in [5.41, 5.74) is 5.95. The van der Waals surface area contributed by atoms with Crippen LogP contribution in [-0.2, 0) is 6.54 Å². The first-order chi connectivity index (χ1) is 8.89. The maximum atomic E-state index is 13.8. The predicted molar refractivity (Wildman–Crippen MR) is 71.5 cm³/mol. The van der Waals surface area contributed by atoms with Gasteiger partial charge in [0.25, 0.3) is 0 Å². The van der Waals surface area contributed by atoms with Crippen LogP contribution in [0.1, 0.15) is 25.0 Å². The van der Waals surface area contributed by atoms with E-state index in [1.165, 1.54) is 6.07 Å². The molecular weight excluding hydrogens is 249 g/mol. The highest BCUT2D eigenvalue weighted by atomic mass is 19.1. The molecule has 5 N–H and O–H groups in total. The minimum absolute atomic E-state index is 0.0604. The van der Waals surface area contributed by atoms with Crippen LogP contribution in [0, 0.1) is 11.2 Å². The fourth-order valence-corrected chi connectivity index (χ4v) is 1.50. The number of hydrogen-bond donors (Lipinski definition) is 4. The maximum Gasteiger partial charge on any atom is 0.170 e. The molecule has 0 aromatic heterocycles. The quantitative estimate of drug-likeness (QED) is 0.269. The summed E-state index contributed by atoms with van der Waals surface area (Å²) in [6.45, 7) is 4.82. The zero-order chi connectivity index (χ0) is 14.5. The Morgan fingerprint density at radius 2 is 2.16 bits per heavy atom. The normalized spacial score (nSPS) is 12.7. The van der Waals surface area contributed by atoms with E-state index in [0.717, 1.165) is 0 Å². The Hall–Kier alpha value is -1.66. The third kappa shape index (κ3) is 4.50. The second-order valence-electron chi connectivity index (χ2n) is 5.22. The molecule has 0 unspecified atom stereocenters. The second-order valence-corrected chi connectivity index (χ2v) is 5.22. The number of oxime groups is 1. The van der Waals surface area contributed by atoms with E-state index in [4.69, 9.17) is 16.0 Å². The molecule has 0 fully saturated rings. The number of nitrogens with two attached hydrogens (primary N) is 1. The number of amidine groups is 1. The van der Waals surface area contributed by atoms with Crippen LogP contribution in [-0.4, -0.2) is 29.3 Å². The predicted octanol–water partition coefficient (Wildman–Crippen LogP) is 1.03. The van der Waals surface area contributed by atoms with Crippen LogP contribution in [0.5, 0.6) is 0 Å². The van der Waals surface area contributed by atoms with E-state index < -0.39 is 5.82 Å². The van der Waals surface area contributed by atoms with Gasteiger partial charge in [0, 0.05) is 36.2 Å². The summed E-state index contributed by atoms with van der Waals surface area (Å²) < 4.78 is 13.8. The van der Waals surface area contributed by atoms with E-state index in [9.17, 15) is 4.39 Å². The van der Waals surface area contributed by atoms with Crippen molar-refractivity contribution < 1.29 is 14.7 Å². The van der Waals surface area contributed by atoms with E-state index >= 15 is 0 Å². The lowest BCUT2D eigenvalue weighted by Crippen LogP contribution is -2.32. The van der Waals surface area contributed by atoms with E-state index in [1.807, 2.05) is 13.8 Å². The van der Waals surface area contributed by atoms with Gasteiger partial charge in [0.15, 0.2) is 5.84 Å². The van der Waals surface area contributed by atoms with Crippen LogP contribution in [0.25, 0.3) is 0 Å². The molecule has 0 radical (unpaired) electrons. The molecule has 0 aliphatic heterocycles. The Labute approximate surface area is 111 Å². The average molecular weight is 269 g/mol. The van der Waals surface area contributed by atoms with Gasteiger partial charge in [-0.3, -0.25) is 0 Å². The second kappa shape index (κ2) is 6.49. The molecule has 1 rings (SSSR count). The van der Waals surface area contributed by atoms with Gasteiger partial charge in [-0.05, 0) is 6.07 Å². The monoisotopic (exact) mass is 269 g/mol. The smallest absolute Gasteiger partial charge is 0.170 e. The van der Waals surface area contributed by atoms with Gasteiger partial charge in [-0.25, -0.2) is 4.39 Å². The maximum absolute atomic E-state index is 13.8. The molecular formula is C13H20FN3O2. The molecule has 0 spiro atoms. The summed E-state index contributed by atoms with van der Waals surface area (Å²) >= 11 is 0. The molecule has 0 bridgehead atoms. The zero-order valence-electron chi connectivity index (χ0n) is 11.2. The molecule has 0 heterocycles. The van der Waals surface area contributed by atoms with Gasteiger partial charge in [-0.2, -0.15) is 0 Å². The van der Waals surface area contributed by atoms with Crippen LogP contribution < -0.4 is 11.1 Å². The van der Waals surface area contributed by atoms with Crippen molar-refractivity contribution in [3.8, 4) is 0 Å². The zero-order valence-corrected chi connectivity index (χ0v) is 11.2. The molecule has 0 amide bonds. The number of rotatable bonds is 6. The standard InChI is InChI=1S/C13H20FN3O2/c1-13(2,8-18)7-16-6-10-4-3-9(5-11(10)14)12(15)17-19/h3-5,16,18-19H,6-8H2,1-2H3,(H2,15,17). The molecule has 106 valence electrons. The van der Waals surface area contributed by atoms with Gasteiger partial charge in [0.05, 0.1) is 0 Å². The highest BCUT2D eigenvalue weighted by Crippen LogP contribution is 2.13. The fraction of sp³-hybridized carbons (Fsp3) is 0.462. The summed E-state index contributed by atoms with van der Waals surface area (Å²) in [5.74, 6) is -0.543. The van der Waals surface area contributed by atoms with Crippen LogP contribution in [0.4, 0.5) is 4.39 Å². The molecule has 0 saturated heterocycles.